The van der Waals surface area contributed by atoms with Gasteiger partial charge in [0, 0.05) is 36.6 Å². The summed E-state index contributed by atoms with van der Waals surface area (Å²) in [6.45, 7) is 0.850. The summed E-state index contributed by atoms with van der Waals surface area (Å²) in [5, 5.41) is 5.73. The monoisotopic (exact) mass is 302 g/mol. The van der Waals surface area contributed by atoms with Gasteiger partial charge < -0.3 is 4.57 Å². The van der Waals surface area contributed by atoms with Crippen molar-refractivity contribution in [3.63, 3.8) is 0 Å². The molecule has 0 aromatic carbocycles. The Labute approximate surface area is 134 Å². The van der Waals surface area contributed by atoms with Crippen LogP contribution < -0.4 is 0 Å². The first-order chi connectivity index (χ1) is 11.3. The summed E-state index contributed by atoms with van der Waals surface area (Å²) in [6.07, 6.45) is 16.4. The van der Waals surface area contributed by atoms with Crippen molar-refractivity contribution < 1.29 is 0 Å². The molecule has 2 atom stereocenters. The maximum absolute atomic E-state index is 4.55. The van der Waals surface area contributed by atoms with Gasteiger partial charge in [0.1, 0.15) is 5.65 Å². The van der Waals surface area contributed by atoms with Crippen LogP contribution in [0, 0.1) is 11.8 Å². The topological polar surface area (TPSA) is 35.6 Å². The van der Waals surface area contributed by atoms with Crippen LogP contribution in [0.15, 0.2) is 60.7 Å². The molecule has 1 saturated carbocycles. The lowest BCUT2D eigenvalue weighted by Crippen LogP contribution is -2.02. The molecule has 3 heterocycles. The van der Waals surface area contributed by atoms with E-state index in [2.05, 4.69) is 52.8 Å². The number of nitrogens with zero attached hydrogens (tertiary/aromatic N) is 4. The van der Waals surface area contributed by atoms with E-state index in [1.54, 1.807) is 0 Å². The second kappa shape index (κ2) is 4.69. The van der Waals surface area contributed by atoms with Crippen molar-refractivity contribution in [3.8, 4) is 11.1 Å². The van der Waals surface area contributed by atoms with E-state index < -0.39 is 0 Å². The molecule has 1 fully saturated rings. The Bertz CT molecular complexity index is 957. The van der Waals surface area contributed by atoms with E-state index in [1.807, 2.05) is 28.7 Å². The van der Waals surface area contributed by atoms with Crippen LogP contribution in [0.5, 0.6) is 0 Å². The number of allylic oxidation sites excluding steroid dienone is 4. The SMILES string of the molecule is Cn1ccc2c(-c3cnn(CC4=CC5CC5C=C4)c3)ccnc21. The van der Waals surface area contributed by atoms with E-state index in [-0.39, 0.29) is 0 Å². The highest BCUT2D eigenvalue weighted by Gasteiger charge is 2.34. The molecule has 114 valence electrons. The van der Waals surface area contributed by atoms with Gasteiger partial charge in [0.2, 0.25) is 0 Å². The van der Waals surface area contributed by atoms with Gasteiger partial charge in [0.15, 0.2) is 0 Å². The standard InChI is InChI=1S/C19H18N4/c1-22-7-5-18-17(4-6-20-19(18)22)16-10-21-23(12-16)11-13-2-3-14-9-15(14)8-13/h2-8,10,12,14-15H,9,11H2,1H3. The minimum atomic E-state index is 0.786. The van der Waals surface area contributed by atoms with Crippen molar-refractivity contribution in [2.24, 2.45) is 18.9 Å². The molecule has 2 aliphatic rings. The lowest BCUT2D eigenvalue weighted by atomic mass is 10.1. The fourth-order valence-corrected chi connectivity index (χ4v) is 3.52. The number of fused-ring (bicyclic) bond motifs is 2. The van der Waals surface area contributed by atoms with Gasteiger partial charge in [0.05, 0.1) is 12.7 Å². The van der Waals surface area contributed by atoms with Crippen molar-refractivity contribution in [2.75, 3.05) is 0 Å². The predicted molar refractivity (Wildman–Crippen MR) is 90.8 cm³/mol. The molecular formula is C19H18N4. The molecule has 4 nitrogen and oxygen atoms in total. The van der Waals surface area contributed by atoms with Gasteiger partial charge in [-0.25, -0.2) is 4.98 Å². The van der Waals surface area contributed by atoms with Crippen molar-refractivity contribution in [2.45, 2.75) is 13.0 Å². The molecular weight excluding hydrogens is 284 g/mol. The van der Waals surface area contributed by atoms with Crippen LogP contribution in [0.4, 0.5) is 0 Å². The van der Waals surface area contributed by atoms with E-state index in [0.29, 0.717) is 0 Å². The Morgan fingerprint density at radius 1 is 1.26 bits per heavy atom. The van der Waals surface area contributed by atoms with E-state index in [9.17, 15) is 0 Å². The first kappa shape index (κ1) is 12.9. The lowest BCUT2D eigenvalue weighted by Gasteiger charge is -2.06. The second-order valence-electron chi connectivity index (χ2n) is 6.61. The van der Waals surface area contributed by atoms with E-state index in [1.165, 1.54) is 22.9 Å². The predicted octanol–water partition coefficient (Wildman–Crippen LogP) is 3.57. The highest BCUT2D eigenvalue weighted by molar-refractivity contribution is 5.92. The van der Waals surface area contributed by atoms with Crippen molar-refractivity contribution in [3.05, 3.63) is 60.7 Å². The molecule has 5 rings (SSSR count). The zero-order valence-electron chi connectivity index (χ0n) is 13.1. The molecule has 3 aromatic rings. The summed E-state index contributed by atoms with van der Waals surface area (Å²) in [7, 11) is 2.02. The maximum atomic E-state index is 4.55. The third-order valence-corrected chi connectivity index (χ3v) is 4.93. The molecule has 0 amide bonds. The third-order valence-electron chi connectivity index (χ3n) is 4.93. The van der Waals surface area contributed by atoms with Gasteiger partial charge >= 0.3 is 0 Å². The molecule has 4 heteroatoms. The minimum Gasteiger partial charge on any atom is -0.336 e. The van der Waals surface area contributed by atoms with Gasteiger partial charge in [-0.3, -0.25) is 4.68 Å². The molecule has 0 spiro atoms. The Hall–Kier alpha value is -2.62. The normalized spacial score (nSPS) is 22.2. The molecule has 2 aliphatic carbocycles. The molecule has 0 N–H and O–H groups in total. The summed E-state index contributed by atoms with van der Waals surface area (Å²) in [4.78, 5) is 4.46. The van der Waals surface area contributed by atoms with Crippen molar-refractivity contribution in [1.29, 1.82) is 0 Å². The van der Waals surface area contributed by atoms with Crippen LogP contribution >= 0.6 is 0 Å². The average molecular weight is 302 g/mol. The number of aromatic nitrogens is 4. The maximum Gasteiger partial charge on any atom is 0.140 e. The summed E-state index contributed by atoms with van der Waals surface area (Å²) in [6, 6.07) is 4.19. The van der Waals surface area contributed by atoms with Gasteiger partial charge in [0.25, 0.3) is 0 Å². The third kappa shape index (κ3) is 2.13. The van der Waals surface area contributed by atoms with Crippen LogP contribution in [0.25, 0.3) is 22.2 Å². The largest absolute Gasteiger partial charge is 0.336 e. The van der Waals surface area contributed by atoms with Gasteiger partial charge in [-0.15, -0.1) is 0 Å². The van der Waals surface area contributed by atoms with Crippen LogP contribution in [0.2, 0.25) is 0 Å². The minimum absolute atomic E-state index is 0.786. The average Bonchev–Trinajstić information content (AvgIpc) is 3.02. The summed E-state index contributed by atoms with van der Waals surface area (Å²) in [5.74, 6) is 1.60. The highest BCUT2D eigenvalue weighted by atomic mass is 15.3. The van der Waals surface area contributed by atoms with Crippen LogP contribution in [-0.2, 0) is 13.6 Å². The van der Waals surface area contributed by atoms with E-state index in [0.717, 1.165) is 29.6 Å². The van der Waals surface area contributed by atoms with Gasteiger partial charge in [-0.2, -0.15) is 5.10 Å². The Morgan fingerprint density at radius 2 is 2.22 bits per heavy atom. The smallest absolute Gasteiger partial charge is 0.140 e. The molecule has 0 bridgehead atoms. The summed E-state index contributed by atoms with van der Waals surface area (Å²) >= 11 is 0. The number of rotatable bonds is 3. The van der Waals surface area contributed by atoms with E-state index >= 15 is 0 Å². The van der Waals surface area contributed by atoms with Crippen molar-refractivity contribution >= 4 is 11.0 Å². The van der Waals surface area contributed by atoms with Gasteiger partial charge in [-0.1, -0.05) is 18.2 Å². The number of pyridine rings is 1. The highest BCUT2D eigenvalue weighted by Crippen LogP contribution is 2.44. The zero-order chi connectivity index (χ0) is 15.4. The summed E-state index contributed by atoms with van der Waals surface area (Å²) < 4.78 is 4.08. The van der Waals surface area contributed by atoms with Crippen LogP contribution in [0.1, 0.15) is 6.42 Å². The van der Waals surface area contributed by atoms with Crippen molar-refractivity contribution in [1.82, 2.24) is 19.3 Å². The van der Waals surface area contributed by atoms with Crippen LogP contribution in [-0.4, -0.2) is 19.3 Å². The molecule has 2 unspecified atom stereocenters. The first-order valence-corrected chi connectivity index (χ1v) is 8.10. The van der Waals surface area contributed by atoms with E-state index in [4.69, 9.17) is 0 Å². The number of hydrogen-bond donors (Lipinski definition) is 0. The molecule has 0 aliphatic heterocycles. The zero-order valence-corrected chi connectivity index (χ0v) is 13.1. The second-order valence-corrected chi connectivity index (χ2v) is 6.61. The summed E-state index contributed by atoms with van der Waals surface area (Å²) in [5.41, 5.74) is 4.72. The molecule has 23 heavy (non-hydrogen) atoms. The Kier molecular flexibility index (Phi) is 2.62. The molecule has 0 saturated heterocycles. The number of aryl methyl sites for hydroxylation is 1. The van der Waals surface area contributed by atoms with Crippen LogP contribution in [0.3, 0.4) is 0 Å². The number of hydrogen-bond acceptors (Lipinski definition) is 2. The molecule has 3 aromatic heterocycles. The lowest BCUT2D eigenvalue weighted by molar-refractivity contribution is 0.679. The first-order valence-electron chi connectivity index (χ1n) is 8.10. The quantitative estimate of drug-likeness (QED) is 0.741. The van der Waals surface area contributed by atoms with Gasteiger partial charge in [-0.05, 0) is 41.5 Å². The fraction of sp³-hybridized carbons (Fsp3) is 0.263. The molecule has 0 radical (unpaired) electrons. The Balaban J connectivity index is 1.47. The fourth-order valence-electron chi connectivity index (χ4n) is 3.52. The Morgan fingerprint density at radius 3 is 3.13 bits per heavy atom.